The first-order chi connectivity index (χ1) is 5.40. The lowest BCUT2D eigenvalue weighted by atomic mass is 10.2. The van der Waals surface area contributed by atoms with Gasteiger partial charge in [0.05, 0.1) is 5.76 Å². The molecule has 0 radical (unpaired) electrons. The molecule has 0 amide bonds. The lowest BCUT2D eigenvalue weighted by Crippen LogP contribution is -2.24. The van der Waals surface area contributed by atoms with Gasteiger partial charge in [-0.15, -0.1) is 0 Å². The third kappa shape index (κ3) is 2.24. The third-order valence-electron chi connectivity index (χ3n) is 2.03. The summed E-state index contributed by atoms with van der Waals surface area (Å²) < 4.78 is 5.95. The summed E-state index contributed by atoms with van der Waals surface area (Å²) in [5.41, 5.74) is 2.72. The summed E-state index contributed by atoms with van der Waals surface area (Å²) in [6.45, 7) is 11.0. The largest absolute Gasteiger partial charge is 0.547 e. The van der Waals surface area contributed by atoms with Gasteiger partial charge in [0.2, 0.25) is 8.32 Å². The van der Waals surface area contributed by atoms with E-state index in [2.05, 4.69) is 39.6 Å². The third-order valence-corrected chi connectivity index (χ3v) is 2.89. The molecule has 2 heteroatoms. The first-order valence-corrected chi connectivity index (χ1v) is 7.87. The van der Waals surface area contributed by atoms with E-state index >= 15 is 0 Å². The Kier molecular flexibility index (Phi) is 2.47. The van der Waals surface area contributed by atoms with E-state index in [0.717, 1.165) is 6.42 Å². The van der Waals surface area contributed by atoms with Crippen molar-refractivity contribution in [1.82, 2.24) is 0 Å². The minimum atomic E-state index is -1.38. The van der Waals surface area contributed by atoms with Crippen LogP contribution in [0.3, 0.4) is 0 Å². The van der Waals surface area contributed by atoms with Gasteiger partial charge in [0.15, 0.2) is 0 Å². The molecule has 0 bridgehead atoms. The quantitative estimate of drug-likeness (QED) is 0.594. The maximum absolute atomic E-state index is 5.95. The molecule has 68 valence electrons. The highest BCUT2D eigenvalue weighted by Crippen LogP contribution is 2.28. The zero-order chi connectivity index (χ0) is 9.35. The monoisotopic (exact) mass is 182 g/mol. The number of rotatable bonds is 2. The van der Waals surface area contributed by atoms with Crippen LogP contribution >= 0.6 is 0 Å². The molecule has 0 spiro atoms. The topological polar surface area (TPSA) is 9.23 Å². The first-order valence-electron chi connectivity index (χ1n) is 4.46. The van der Waals surface area contributed by atoms with E-state index in [9.17, 15) is 0 Å². The van der Waals surface area contributed by atoms with Crippen LogP contribution in [0.4, 0.5) is 0 Å². The Morgan fingerprint density at radius 2 is 1.83 bits per heavy atom. The molecule has 1 aliphatic rings. The van der Waals surface area contributed by atoms with Crippen LogP contribution in [-0.4, -0.2) is 8.32 Å². The standard InChI is InChI=1S/C10H18OSi/c1-8-6-7-10(9(8)2)11-12(3,4)5/h6H,7H2,1-5H3. The maximum atomic E-state index is 5.95. The van der Waals surface area contributed by atoms with Crippen molar-refractivity contribution in [3.8, 4) is 0 Å². The molecule has 1 rings (SSSR count). The van der Waals surface area contributed by atoms with Crippen LogP contribution in [0.5, 0.6) is 0 Å². The van der Waals surface area contributed by atoms with Crippen molar-refractivity contribution < 1.29 is 4.43 Å². The van der Waals surface area contributed by atoms with Crippen LogP contribution in [0.15, 0.2) is 23.0 Å². The molecule has 0 N–H and O–H groups in total. The summed E-state index contributed by atoms with van der Waals surface area (Å²) in [5, 5.41) is 0. The normalized spacial score (nSPS) is 18.2. The number of hydrogen-bond donors (Lipinski definition) is 0. The minimum absolute atomic E-state index is 1.00. The van der Waals surface area contributed by atoms with Crippen LogP contribution < -0.4 is 0 Å². The van der Waals surface area contributed by atoms with Gasteiger partial charge in [0.1, 0.15) is 0 Å². The van der Waals surface area contributed by atoms with Crippen molar-refractivity contribution in [2.24, 2.45) is 0 Å². The van der Waals surface area contributed by atoms with E-state index in [1.807, 2.05) is 0 Å². The van der Waals surface area contributed by atoms with E-state index in [1.54, 1.807) is 0 Å². The Morgan fingerprint density at radius 3 is 2.17 bits per heavy atom. The van der Waals surface area contributed by atoms with Gasteiger partial charge < -0.3 is 4.43 Å². The minimum Gasteiger partial charge on any atom is -0.547 e. The molecule has 12 heavy (non-hydrogen) atoms. The molecule has 0 unspecified atom stereocenters. The maximum Gasteiger partial charge on any atom is 0.241 e. The summed E-state index contributed by atoms with van der Waals surface area (Å²) in [5.74, 6) is 1.20. The lowest BCUT2D eigenvalue weighted by molar-refractivity contribution is 0.410. The molecule has 0 saturated carbocycles. The van der Waals surface area contributed by atoms with Gasteiger partial charge in [0, 0.05) is 6.42 Å². The van der Waals surface area contributed by atoms with Crippen molar-refractivity contribution in [1.29, 1.82) is 0 Å². The molecule has 0 aromatic heterocycles. The fourth-order valence-electron chi connectivity index (χ4n) is 1.26. The zero-order valence-electron chi connectivity index (χ0n) is 8.69. The van der Waals surface area contributed by atoms with E-state index in [0.29, 0.717) is 0 Å². The van der Waals surface area contributed by atoms with Gasteiger partial charge in [-0.1, -0.05) is 6.08 Å². The van der Waals surface area contributed by atoms with Gasteiger partial charge in [-0.25, -0.2) is 0 Å². The summed E-state index contributed by atoms with van der Waals surface area (Å²) in [7, 11) is -1.38. The molecule has 0 aromatic rings. The molecule has 0 fully saturated rings. The van der Waals surface area contributed by atoms with Crippen LogP contribution in [0.2, 0.25) is 19.6 Å². The van der Waals surface area contributed by atoms with Gasteiger partial charge in [-0.3, -0.25) is 0 Å². The Hall–Kier alpha value is -0.503. The molecule has 1 aliphatic carbocycles. The van der Waals surface area contributed by atoms with E-state index in [-0.39, 0.29) is 0 Å². The molecule has 0 heterocycles. The fourth-order valence-corrected chi connectivity index (χ4v) is 2.24. The summed E-state index contributed by atoms with van der Waals surface area (Å²) in [6, 6.07) is 0. The Morgan fingerprint density at radius 1 is 1.25 bits per heavy atom. The molecular formula is C10H18OSi. The molecule has 0 atom stereocenters. The van der Waals surface area contributed by atoms with Gasteiger partial charge in [-0.05, 0) is 44.6 Å². The smallest absolute Gasteiger partial charge is 0.241 e. The first kappa shape index (κ1) is 9.58. The highest BCUT2D eigenvalue weighted by molar-refractivity contribution is 6.70. The fraction of sp³-hybridized carbons (Fsp3) is 0.600. The highest BCUT2D eigenvalue weighted by Gasteiger charge is 2.20. The van der Waals surface area contributed by atoms with Crippen LogP contribution in [0.1, 0.15) is 20.3 Å². The van der Waals surface area contributed by atoms with Crippen molar-refractivity contribution in [2.45, 2.75) is 39.9 Å². The average Bonchev–Trinajstić information content (AvgIpc) is 2.16. The number of allylic oxidation sites excluding steroid dienone is 3. The van der Waals surface area contributed by atoms with Crippen molar-refractivity contribution in [2.75, 3.05) is 0 Å². The van der Waals surface area contributed by atoms with Crippen LogP contribution in [0, 0.1) is 0 Å². The second-order valence-corrected chi connectivity index (χ2v) is 8.78. The Labute approximate surface area is 76.3 Å². The van der Waals surface area contributed by atoms with Crippen LogP contribution in [0.25, 0.3) is 0 Å². The van der Waals surface area contributed by atoms with Gasteiger partial charge in [-0.2, -0.15) is 0 Å². The van der Waals surface area contributed by atoms with Crippen molar-refractivity contribution >= 4 is 8.32 Å². The van der Waals surface area contributed by atoms with Gasteiger partial charge >= 0.3 is 0 Å². The Bertz CT molecular complexity index is 243. The lowest BCUT2D eigenvalue weighted by Gasteiger charge is -2.21. The SMILES string of the molecule is CC1=CCC(O[Si](C)(C)C)=C1C. The van der Waals surface area contributed by atoms with E-state index < -0.39 is 8.32 Å². The molecule has 0 aromatic carbocycles. The van der Waals surface area contributed by atoms with Gasteiger partial charge in [0.25, 0.3) is 0 Å². The molecular weight excluding hydrogens is 164 g/mol. The average molecular weight is 182 g/mol. The van der Waals surface area contributed by atoms with E-state index in [4.69, 9.17) is 4.43 Å². The highest BCUT2D eigenvalue weighted by atomic mass is 28.4. The predicted octanol–water partition coefficient (Wildman–Crippen LogP) is 3.46. The summed E-state index contributed by atoms with van der Waals surface area (Å²) in [6.07, 6.45) is 3.24. The Balaban J connectivity index is 2.69. The zero-order valence-corrected chi connectivity index (χ0v) is 9.69. The molecule has 0 aliphatic heterocycles. The molecule has 0 saturated heterocycles. The number of hydrogen-bond acceptors (Lipinski definition) is 1. The second-order valence-electron chi connectivity index (χ2n) is 4.35. The molecule has 1 nitrogen and oxygen atoms in total. The van der Waals surface area contributed by atoms with Crippen LogP contribution in [-0.2, 0) is 4.43 Å². The summed E-state index contributed by atoms with van der Waals surface area (Å²) in [4.78, 5) is 0. The predicted molar refractivity (Wildman–Crippen MR) is 55.5 cm³/mol. The summed E-state index contributed by atoms with van der Waals surface area (Å²) >= 11 is 0. The van der Waals surface area contributed by atoms with Crippen molar-refractivity contribution in [3.05, 3.63) is 23.0 Å². The van der Waals surface area contributed by atoms with E-state index in [1.165, 1.54) is 16.9 Å². The second kappa shape index (κ2) is 3.09. The van der Waals surface area contributed by atoms with Crippen molar-refractivity contribution in [3.63, 3.8) is 0 Å².